The van der Waals surface area contributed by atoms with E-state index in [0.717, 1.165) is 26.8 Å². The maximum absolute atomic E-state index is 13.6. The molecule has 2 aromatic carbocycles. The summed E-state index contributed by atoms with van der Waals surface area (Å²) in [5.41, 5.74) is 1.76. The first-order chi connectivity index (χ1) is 15.5. The van der Waals surface area contributed by atoms with E-state index in [-0.39, 0.29) is 12.2 Å². The molecule has 32 heavy (non-hydrogen) atoms. The number of methoxy groups -OCH3 is 1. The van der Waals surface area contributed by atoms with Crippen LogP contribution in [-0.2, 0) is 16.0 Å². The quantitative estimate of drug-likeness (QED) is 0.437. The second-order valence-corrected chi connectivity index (χ2v) is 7.97. The molecule has 2 amide bonds. The van der Waals surface area contributed by atoms with Crippen LogP contribution >= 0.6 is 11.3 Å². The highest BCUT2D eigenvalue weighted by Crippen LogP contribution is 2.26. The van der Waals surface area contributed by atoms with Gasteiger partial charge in [-0.2, -0.15) is 4.98 Å². The number of anilines is 1. The lowest BCUT2D eigenvalue weighted by Crippen LogP contribution is -2.36. The molecular weight excluding hydrogens is 433 g/mol. The number of amides is 2. The molecule has 4 rings (SSSR count). The minimum atomic E-state index is -0.918. The summed E-state index contributed by atoms with van der Waals surface area (Å²) in [6, 6.07) is 13.2. The van der Waals surface area contributed by atoms with Gasteiger partial charge >= 0.3 is 11.8 Å². The molecule has 0 aliphatic rings. The Morgan fingerprint density at radius 2 is 1.88 bits per heavy atom. The minimum absolute atomic E-state index is 0.0401. The van der Waals surface area contributed by atoms with Gasteiger partial charge in [0, 0.05) is 23.4 Å². The van der Waals surface area contributed by atoms with E-state index in [9.17, 15) is 14.0 Å². The molecular formula is C22H20FN5O3S. The van der Waals surface area contributed by atoms with Crippen molar-refractivity contribution in [3.05, 3.63) is 64.9 Å². The Labute approximate surface area is 187 Å². The summed E-state index contributed by atoms with van der Waals surface area (Å²) in [6.07, 6.45) is 0.512. The third kappa shape index (κ3) is 4.45. The topological polar surface area (TPSA) is 97.6 Å². The fourth-order valence-electron chi connectivity index (χ4n) is 3.09. The number of aryl methyl sites for hydroxylation is 1. The number of hydrogen-bond donors (Lipinski definition) is 2. The van der Waals surface area contributed by atoms with Gasteiger partial charge in [-0.1, -0.05) is 23.5 Å². The molecule has 0 saturated carbocycles. The van der Waals surface area contributed by atoms with Crippen molar-refractivity contribution in [1.82, 2.24) is 19.9 Å². The van der Waals surface area contributed by atoms with Gasteiger partial charge in [0.15, 0.2) is 5.82 Å². The summed E-state index contributed by atoms with van der Waals surface area (Å²) < 4.78 is 20.6. The van der Waals surface area contributed by atoms with E-state index in [1.165, 1.54) is 29.5 Å². The summed E-state index contributed by atoms with van der Waals surface area (Å²) in [7, 11) is 1.61. The number of hydrogen-bond acceptors (Lipinski definition) is 6. The Kier molecular flexibility index (Phi) is 6.13. The van der Waals surface area contributed by atoms with Gasteiger partial charge in [-0.3, -0.25) is 9.59 Å². The van der Waals surface area contributed by atoms with Crippen LogP contribution < -0.4 is 15.4 Å². The van der Waals surface area contributed by atoms with E-state index in [2.05, 4.69) is 20.7 Å². The van der Waals surface area contributed by atoms with Gasteiger partial charge in [0.25, 0.3) is 0 Å². The monoisotopic (exact) mass is 453 g/mol. The fourth-order valence-corrected chi connectivity index (χ4v) is 4.15. The Morgan fingerprint density at radius 1 is 1.12 bits per heavy atom. The van der Waals surface area contributed by atoms with Crippen molar-refractivity contribution in [2.24, 2.45) is 0 Å². The number of halogens is 1. The lowest BCUT2D eigenvalue weighted by molar-refractivity contribution is -0.136. The summed E-state index contributed by atoms with van der Waals surface area (Å²) in [4.78, 5) is 30.3. The largest absolute Gasteiger partial charge is 0.497 e. The summed E-state index contributed by atoms with van der Waals surface area (Å²) >= 11 is 1.47. The van der Waals surface area contributed by atoms with Gasteiger partial charge < -0.3 is 15.4 Å². The Morgan fingerprint density at radius 3 is 2.56 bits per heavy atom. The van der Waals surface area contributed by atoms with Gasteiger partial charge in [-0.25, -0.2) is 8.91 Å². The molecule has 164 valence electrons. The predicted octanol–water partition coefficient (Wildman–Crippen LogP) is 3.21. The number of nitrogens with zero attached hydrogens (tertiary/aromatic N) is 3. The standard InChI is InChI=1S/C22H20FN5O3S/c1-13-18(11-12-24-20(29)21(30)25-17-6-4-3-5-16(17)23)32-22-26-19(27-28(13)22)14-7-9-15(31-2)10-8-14/h3-10H,11-12H2,1-2H3,(H,24,29)(H,25,30). The third-order valence-corrected chi connectivity index (χ3v) is 6.02. The van der Waals surface area contributed by atoms with E-state index in [4.69, 9.17) is 4.74 Å². The Bertz CT molecular complexity index is 1280. The van der Waals surface area contributed by atoms with Gasteiger partial charge in [0.05, 0.1) is 18.5 Å². The van der Waals surface area contributed by atoms with Gasteiger partial charge in [0.1, 0.15) is 11.6 Å². The predicted molar refractivity (Wildman–Crippen MR) is 119 cm³/mol. The number of rotatable bonds is 6. The summed E-state index contributed by atoms with van der Waals surface area (Å²) in [5, 5.41) is 9.39. The zero-order chi connectivity index (χ0) is 22.7. The zero-order valence-electron chi connectivity index (χ0n) is 17.4. The molecule has 0 spiro atoms. The number of nitrogens with one attached hydrogen (secondary N) is 2. The number of ether oxygens (including phenoxy) is 1. The average Bonchev–Trinajstić information content (AvgIpc) is 3.34. The average molecular weight is 453 g/mol. The maximum atomic E-state index is 13.6. The molecule has 0 unspecified atom stereocenters. The van der Waals surface area contributed by atoms with Crippen molar-refractivity contribution in [3.8, 4) is 17.1 Å². The molecule has 0 atom stereocenters. The molecule has 0 fully saturated rings. The molecule has 0 saturated heterocycles. The lowest BCUT2D eigenvalue weighted by atomic mass is 10.2. The van der Waals surface area contributed by atoms with Crippen molar-refractivity contribution in [2.45, 2.75) is 13.3 Å². The second kappa shape index (κ2) is 9.15. The number of thiazole rings is 1. The molecule has 0 radical (unpaired) electrons. The van der Waals surface area contributed by atoms with Crippen molar-refractivity contribution in [3.63, 3.8) is 0 Å². The highest BCUT2D eigenvalue weighted by Gasteiger charge is 2.17. The van der Waals surface area contributed by atoms with Crippen LogP contribution in [0, 0.1) is 12.7 Å². The van der Waals surface area contributed by atoms with Crippen LogP contribution in [0.2, 0.25) is 0 Å². The molecule has 0 aliphatic heterocycles. The third-order valence-electron chi connectivity index (χ3n) is 4.83. The van der Waals surface area contributed by atoms with E-state index < -0.39 is 17.6 Å². The van der Waals surface area contributed by atoms with E-state index in [0.29, 0.717) is 12.2 Å². The van der Waals surface area contributed by atoms with Crippen LogP contribution in [0.1, 0.15) is 10.6 Å². The zero-order valence-corrected chi connectivity index (χ0v) is 18.2. The Hall–Kier alpha value is -3.79. The molecule has 4 aromatic rings. The molecule has 2 heterocycles. The highest BCUT2D eigenvalue weighted by molar-refractivity contribution is 7.17. The Balaban J connectivity index is 1.36. The number of benzene rings is 2. The number of para-hydroxylation sites is 1. The second-order valence-electron chi connectivity index (χ2n) is 6.91. The summed E-state index contributed by atoms with van der Waals surface area (Å²) in [5.74, 6) is -0.969. The van der Waals surface area contributed by atoms with Crippen LogP contribution in [0.4, 0.5) is 10.1 Å². The summed E-state index contributed by atoms with van der Waals surface area (Å²) in [6.45, 7) is 2.18. The molecule has 2 aromatic heterocycles. The van der Waals surface area contributed by atoms with E-state index in [1.54, 1.807) is 17.7 Å². The SMILES string of the molecule is COc1ccc(-c2nc3sc(CCNC(=O)C(=O)Nc4ccccc4F)c(C)n3n2)cc1. The van der Waals surface area contributed by atoms with Crippen molar-refractivity contribution in [2.75, 3.05) is 19.0 Å². The van der Waals surface area contributed by atoms with Crippen LogP contribution in [-0.4, -0.2) is 40.1 Å². The highest BCUT2D eigenvalue weighted by atomic mass is 32.1. The van der Waals surface area contributed by atoms with Gasteiger partial charge in [0.2, 0.25) is 4.96 Å². The van der Waals surface area contributed by atoms with E-state index in [1.807, 2.05) is 31.2 Å². The van der Waals surface area contributed by atoms with E-state index >= 15 is 0 Å². The first-order valence-corrected chi connectivity index (χ1v) is 10.6. The maximum Gasteiger partial charge on any atom is 0.313 e. The lowest BCUT2D eigenvalue weighted by Gasteiger charge is -2.07. The molecule has 2 N–H and O–H groups in total. The molecule has 0 aliphatic carbocycles. The van der Waals surface area contributed by atoms with Crippen molar-refractivity contribution >= 4 is 33.8 Å². The first kappa shape index (κ1) is 21.4. The smallest absolute Gasteiger partial charge is 0.313 e. The van der Waals surface area contributed by atoms with Crippen LogP contribution in [0.3, 0.4) is 0 Å². The number of fused-ring (bicyclic) bond motifs is 1. The normalized spacial score (nSPS) is 10.8. The first-order valence-electron chi connectivity index (χ1n) is 9.79. The molecule has 8 nitrogen and oxygen atoms in total. The number of aromatic nitrogens is 3. The van der Waals surface area contributed by atoms with Gasteiger partial charge in [-0.05, 0) is 43.3 Å². The van der Waals surface area contributed by atoms with Gasteiger partial charge in [-0.15, -0.1) is 5.10 Å². The molecule has 0 bridgehead atoms. The van der Waals surface area contributed by atoms with Crippen molar-refractivity contribution < 1.29 is 18.7 Å². The number of carbonyl (C=O) groups is 2. The minimum Gasteiger partial charge on any atom is -0.497 e. The number of carbonyl (C=O) groups excluding carboxylic acids is 2. The van der Waals surface area contributed by atoms with Crippen LogP contribution in [0.5, 0.6) is 5.75 Å². The molecule has 10 heteroatoms. The fraction of sp³-hybridized carbons (Fsp3) is 0.182. The van der Waals surface area contributed by atoms with Crippen molar-refractivity contribution in [1.29, 1.82) is 0 Å². The van der Waals surface area contributed by atoms with Crippen LogP contribution in [0.25, 0.3) is 16.3 Å². The van der Waals surface area contributed by atoms with Crippen LogP contribution in [0.15, 0.2) is 48.5 Å².